The Morgan fingerprint density at radius 1 is 0.883 bits per heavy atom. The van der Waals surface area contributed by atoms with Crippen LogP contribution in [0.4, 0.5) is 5.82 Å². The van der Waals surface area contributed by atoms with Crippen LogP contribution in [0.25, 0.3) is 0 Å². The average Bonchev–Trinajstić information content (AvgIpc) is 3.66. The highest BCUT2D eigenvalue weighted by atomic mass is 31.2. The number of benzene rings is 4. The van der Waals surface area contributed by atoms with E-state index in [9.17, 15) is 14.9 Å². The largest absolute Gasteiger partial charge is 0.497 e. The van der Waals surface area contributed by atoms with E-state index in [1.54, 1.807) is 50.7 Å². The Labute approximate surface area is 352 Å². The lowest BCUT2D eigenvalue weighted by Gasteiger charge is -2.39. The summed E-state index contributed by atoms with van der Waals surface area (Å²) >= 11 is 0. The van der Waals surface area contributed by atoms with Gasteiger partial charge in [-0.15, -0.1) is 0 Å². The van der Waals surface area contributed by atoms with Crippen molar-refractivity contribution in [3.63, 3.8) is 0 Å². The second-order valence-electron chi connectivity index (χ2n) is 14.7. The van der Waals surface area contributed by atoms with Crippen molar-refractivity contribution in [3.05, 3.63) is 154 Å². The number of anilines is 1. The Morgan fingerprint density at radius 3 is 1.98 bits per heavy atom. The topological polar surface area (TPSA) is 146 Å². The lowest BCUT2D eigenvalue weighted by atomic mass is 9.80. The number of aromatic nitrogens is 2. The second-order valence-corrected chi connectivity index (χ2v) is 16.1. The Kier molecular flexibility index (Phi) is 15.2. The van der Waals surface area contributed by atoms with Crippen LogP contribution in [0.3, 0.4) is 0 Å². The van der Waals surface area contributed by atoms with Crippen LogP contribution < -0.4 is 20.5 Å². The molecule has 13 nitrogen and oxygen atoms in total. The zero-order valence-corrected chi connectivity index (χ0v) is 35.7. The summed E-state index contributed by atoms with van der Waals surface area (Å²) in [5.41, 5.74) is 1.22. The van der Waals surface area contributed by atoms with Crippen molar-refractivity contribution in [1.29, 1.82) is 5.26 Å². The number of carbonyl (C=O) groups is 1. The van der Waals surface area contributed by atoms with Crippen LogP contribution in [0.5, 0.6) is 11.5 Å². The SMILES string of the molecule is COc1ccc(C(OC[C@H]2O[C@H](n3ccc(NC(=O)c4ccccc4)nc3=O)C[C@@H]2OP(OCCC#N)N(C(C)C)C(C)C)(c2ccccc2)c2ccc(OC)cc2)cc1. The van der Waals surface area contributed by atoms with Crippen LogP contribution in [0.15, 0.2) is 126 Å². The smallest absolute Gasteiger partial charge is 0.351 e. The third kappa shape index (κ3) is 10.3. The molecule has 14 heteroatoms. The highest BCUT2D eigenvalue weighted by Gasteiger charge is 2.45. The fraction of sp³-hybridized carbons (Fsp3) is 0.348. The summed E-state index contributed by atoms with van der Waals surface area (Å²) in [6.07, 6.45) is -0.153. The van der Waals surface area contributed by atoms with Crippen molar-refractivity contribution in [2.24, 2.45) is 0 Å². The normalized spacial score (nSPS) is 17.1. The van der Waals surface area contributed by atoms with E-state index in [-0.39, 0.29) is 49.9 Å². The molecule has 0 spiro atoms. The van der Waals surface area contributed by atoms with E-state index in [2.05, 4.69) is 48.7 Å². The molecule has 0 bridgehead atoms. The maximum Gasteiger partial charge on any atom is 0.351 e. The van der Waals surface area contributed by atoms with E-state index in [4.69, 9.17) is 28.0 Å². The summed E-state index contributed by atoms with van der Waals surface area (Å²) in [4.78, 5) is 30.7. The molecule has 1 amide bonds. The molecule has 0 saturated carbocycles. The first kappa shape index (κ1) is 44.1. The first-order valence-corrected chi connectivity index (χ1v) is 21.1. The number of rotatable bonds is 19. The number of hydrogen-bond donors (Lipinski definition) is 1. The number of nitrogens with zero attached hydrogens (tertiary/aromatic N) is 4. The van der Waals surface area contributed by atoms with Gasteiger partial charge in [0.25, 0.3) is 14.4 Å². The van der Waals surface area contributed by atoms with Gasteiger partial charge in [-0.2, -0.15) is 10.2 Å². The fourth-order valence-corrected chi connectivity index (χ4v) is 9.06. The maximum absolute atomic E-state index is 13.7. The summed E-state index contributed by atoms with van der Waals surface area (Å²) in [6.45, 7) is 8.49. The maximum atomic E-state index is 13.7. The van der Waals surface area contributed by atoms with Gasteiger partial charge in [-0.05, 0) is 86.8 Å². The van der Waals surface area contributed by atoms with Gasteiger partial charge in [0.15, 0.2) is 0 Å². The molecule has 4 aromatic carbocycles. The molecule has 4 atom stereocenters. The minimum Gasteiger partial charge on any atom is -0.497 e. The molecule has 6 rings (SSSR count). The highest BCUT2D eigenvalue weighted by Crippen LogP contribution is 2.50. The monoisotopic (exact) mass is 833 g/mol. The number of nitrogens with one attached hydrogen (secondary N) is 1. The van der Waals surface area contributed by atoms with E-state index in [0.29, 0.717) is 17.1 Å². The van der Waals surface area contributed by atoms with Crippen LogP contribution in [-0.4, -0.2) is 71.9 Å². The van der Waals surface area contributed by atoms with E-state index in [1.165, 1.54) is 4.57 Å². The summed E-state index contributed by atoms with van der Waals surface area (Å²) < 4.78 is 41.9. The molecule has 2 heterocycles. The Hall–Kier alpha value is -5.45. The molecular formula is C46H52N5O8P. The Balaban J connectivity index is 1.39. The zero-order chi connectivity index (χ0) is 42.6. The van der Waals surface area contributed by atoms with E-state index in [0.717, 1.165) is 16.7 Å². The summed E-state index contributed by atoms with van der Waals surface area (Å²) in [6, 6.07) is 38.0. The molecule has 1 aliphatic heterocycles. The lowest BCUT2D eigenvalue weighted by molar-refractivity contribution is -0.0925. The predicted molar refractivity (Wildman–Crippen MR) is 230 cm³/mol. The van der Waals surface area contributed by atoms with Gasteiger partial charge in [0.05, 0.1) is 46.0 Å². The quantitative estimate of drug-likeness (QED) is 0.0486. The van der Waals surface area contributed by atoms with Crippen LogP contribution in [0.2, 0.25) is 0 Å². The van der Waals surface area contributed by atoms with Gasteiger partial charge in [0.2, 0.25) is 0 Å². The third-order valence-corrected chi connectivity index (χ3v) is 12.3. The van der Waals surface area contributed by atoms with Gasteiger partial charge >= 0.3 is 5.69 Å². The van der Waals surface area contributed by atoms with Crippen molar-refractivity contribution in [2.75, 3.05) is 32.8 Å². The third-order valence-electron chi connectivity index (χ3n) is 10.1. The molecule has 60 heavy (non-hydrogen) atoms. The Bertz CT molecular complexity index is 2180. The van der Waals surface area contributed by atoms with Gasteiger partial charge in [-0.3, -0.25) is 9.36 Å². The number of methoxy groups -OCH3 is 2. The van der Waals surface area contributed by atoms with Crippen LogP contribution >= 0.6 is 8.53 Å². The second kappa shape index (κ2) is 20.7. The minimum absolute atomic E-state index is 0.0201. The molecule has 1 fully saturated rings. The molecule has 1 aliphatic rings. The van der Waals surface area contributed by atoms with Crippen molar-refractivity contribution < 1.29 is 32.8 Å². The van der Waals surface area contributed by atoms with Crippen LogP contribution in [0, 0.1) is 11.3 Å². The van der Waals surface area contributed by atoms with Crippen molar-refractivity contribution in [3.8, 4) is 17.6 Å². The first-order chi connectivity index (χ1) is 29.1. The number of amides is 1. The van der Waals surface area contributed by atoms with Crippen LogP contribution in [-0.2, 0) is 24.1 Å². The molecule has 1 N–H and O–H groups in total. The predicted octanol–water partition coefficient (Wildman–Crippen LogP) is 8.47. The highest BCUT2D eigenvalue weighted by molar-refractivity contribution is 7.44. The molecule has 1 aromatic heterocycles. The molecular weight excluding hydrogens is 782 g/mol. The van der Waals surface area contributed by atoms with Gasteiger partial charge in [0, 0.05) is 30.3 Å². The standard InChI is InChI=1S/C46H52N5O8P/c1-32(2)51(33(3)4)60(57-29-13-27-47)59-40-30-43(50-28-26-42(49-45(50)53)48-44(52)34-14-9-7-10-15-34)58-41(40)31-56-46(35-16-11-8-12-17-35,36-18-22-38(54-5)23-19-36)37-20-24-39(55-6)25-21-37/h7-12,14-26,28,32-33,40-41,43H,13,29-31H2,1-6H3,(H,48,49,52,53)/t40-,41+,43-,60?/m0/s1. The molecule has 1 unspecified atom stereocenters. The van der Waals surface area contributed by atoms with Gasteiger partial charge in [-0.1, -0.05) is 72.8 Å². The lowest BCUT2D eigenvalue weighted by Crippen LogP contribution is -2.39. The van der Waals surface area contributed by atoms with E-state index < -0.39 is 38.3 Å². The number of hydrogen-bond acceptors (Lipinski definition) is 11. The fourth-order valence-electron chi connectivity index (χ4n) is 7.30. The van der Waals surface area contributed by atoms with E-state index in [1.807, 2.05) is 84.9 Å². The average molecular weight is 834 g/mol. The molecule has 1 saturated heterocycles. The number of carbonyl (C=O) groups excluding carboxylic acids is 1. The van der Waals surface area contributed by atoms with Gasteiger partial charge in [-0.25, -0.2) is 9.46 Å². The van der Waals surface area contributed by atoms with Crippen molar-refractivity contribution >= 4 is 20.3 Å². The molecule has 0 aliphatic carbocycles. The van der Waals surface area contributed by atoms with Gasteiger partial charge in [0.1, 0.15) is 35.2 Å². The Morgan fingerprint density at radius 2 is 1.45 bits per heavy atom. The number of ether oxygens (including phenoxy) is 4. The summed E-state index contributed by atoms with van der Waals surface area (Å²) in [7, 11) is 1.55. The van der Waals surface area contributed by atoms with Crippen molar-refractivity contribution in [2.45, 2.75) is 76.7 Å². The van der Waals surface area contributed by atoms with Crippen LogP contribution in [0.1, 0.15) is 73.8 Å². The summed E-state index contributed by atoms with van der Waals surface area (Å²) in [5, 5.41) is 12.1. The molecule has 314 valence electrons. The molecule has 5 aromatic rings. The first-order valence-electron chi connectivity index (χ1n) is 19.9. The summed E-state index contributed by atoms with van der Waals surface area (Å²) in [5.74, 6) is 1.12. The number of nitriles is 1. The molecule has 0 radical (unpaired) electrons. The zero-order valence-electron chi connectivity index (χ0n) is 34.8. The van der Waals surface area contributed by atoms with E-state index >= 15 is 0 Å². The van der Waals surface area contributed by atoms with Crippen molar-refractivity contribution in [1.82, 2.24) is 14.2 Å². The minimum atomic E-state index is -1.70. The van der Waals surface area contributed by atoms with Gasteiger partial charge < -0.3 is 33.3 Å².